The molecule has 106 valence electrons. The molecule has 0 bridgehead atoms. The quantitative estimate of drug-likeness (QED) is 0.865. The first-order valence-corrected chi connectivity index (χ1v) is 6.82. The highest BCUT2D eigenvalue weighted by molar-refractivity contribution is 5.28. The van der Waals surface area contributed by atoms with E-state index in [9.17, 15) is 0 Å². The van der Waals surface area contributed by atoms with Crippen LogP contribution in [0.3, 0.4) is 0 Å². The number of ether oxygens (including phenoxy) is 1. The molecule has 1 atom stereocenters. The van der Waals surface area contributed by atoms with Crippen LogP contribution in [-0.4, -0.2) is 56.2 Å². The van der Waals surface area contributed by atoms with Crippen LogP contribution in [0.15, 0.2) is 24.3 Å². The maximum Gasteiger partial charge on any atom is 0.119 e. The first kappa shape index (κ1) is 14.3. The van der Waals surface area contributed by atoms with E-state index in [4.69, 9.17) is 10.5 Å². The molecule has 1 unspecified atom stereocenters. The molecule has 0 aromatic heterocycles. The topological polar surface area (TPSA) is 41.7 Å². The second kappa shape index (κ2) is 5.90. The summed E-state index contributed by atoms with van der Waals surface area (Å²) >= 11 is 0. The molecule has 4 nitrogen and oxygen atoms in total. The molecular weight excluding hydrogens is 238 g/mol. The summed E-state index contributed by atoms with van der Waals surface area (Å²) < 4.78 is 5.28. The van der Waals surface area contributed by atoms with E-state index in [1.807, 2.05) is 12.1 Å². The Bertz CT molecular complexity index is 424. The van der Waals surface area contributed by atoms with Crippen LogP contribution >= 0.6 is 0 Å². The number of hydrogen-bond donors (Lipinski definition) is 1. The molecule has 0 aliphatic carbocycles. The lowest BCUT2D eigenvalue weighted by molar-refractivity contribution is 0.126. The maximum atomic E-state index is 6.05. The predicted octanol–water partition coefficient (Wildman–Crippen LogP) is 1.16. The molecule has 19 heavy (non-hydrogen) atoms. The monoisotopic (exact) mass is 263 g/mol. The van der Waals surface area contributed by atoms with Gasteiger partial charge in [-0.25, -0.2) is 0 Å². The Kier molecular flexibility index (Phi) is 4.45. The van der Waals surface area contributed by atoms with Crippen molar-refractivity contribution in [2.75, 3.05) is 40.8 Å². The third-order valence-corrected chi connectivity index (χ3v) is 4.27. The zero-order valence-corrected chi connectivity index (χ0v) is 12.2. The average Bonchev–Trinajstić information content (AvgIpc) is 2.82. The van der Waals surface area contributed by atoms with Gasteiger partial charge in [-0.2, -0.15) is 0 Å². The number of methoxy groups -OCH3 is 1. The number of rotatable bonds is 5. The minimum Gasteiger partial charge on any atom is -0.497 e. The van der Waals surface area contributed by atoms with E-state index < -0.39 is 0 Å². The molecule has 1 fully saturated rings. The van der Waals surface area contributed by atoms with Crippen molar-refractivity contribution in [3.8, 4) is 5.75 Å². The van der Waals surface area contributed by atoms with Crippen molar-refractivity contribution >= 4 is 0 Å². The standard InChI is InChI=1S/C15H25N3O/c1-17-8-7-15(11-16,12-17)18(2)10-13-5-4-6-14(9-13)19-3/h4-6,9H,7-8,10-12,16H2,1-3H3. The number of hydrogen-bond acceptors (Lipinski definition) is 4. The fourth-order valence-corrected chi connectivity index (χ4v) is 2.91. The van der Waals surface area contributed by atoms with Gasteiger partial charge >= 0.3 is 0 Å². The molecule has 1 aliphatic heterocycles. The van der Waals surface area contributed by atoms with Crippen molar-refractivity contribution in [1.29, 1.82) is 0 Å². The smallest absolute Gasteiger partial charge is 0.119 e. The number of benzene rings is 1. The Labute approximate surface area is 116 Å². The summed E-state index contributed by atoms with van der Waals surface area (Å²) in [6.45, 7) is 3.78. The summed E-state index contributed by atoms with van der Waals surface area (Å²) in [5, 5.41) is 0. The Morgan fingerprint density at radius 1 is 1.47 bits per heavy atom. The summed E-state index contributed by atoms with van der Waals surface area (Å²) in [7, 11) is 6.04. The second-order valence-electron chi connectivity index (χ2n) is 5.62. The van der Waals surface area contributed by atoms with Crippen LogP contribution < -0.4 is 10.5 Å². The van der Waals surface area contributed by atoms with Crippen LogP contribution in [0.1, 0.15) is 12.0 Å². The molecule has 4 heteroatoms. The first-order valence-electron chi connectivity index (χ1n) is 6.82. The molecule has 1 aromatic rings. The Morgan fingerprint density at radius 3 is 2.84 bits per heavy atom. The summed E-state index contributed by atoms with van der Waals surface area (Å²) in [4.78, 5) is 4.75. The van der Waals surface area contributed by atoms with Gasteiger partial charge < -0.3 is 15.4 Å². The molecule has 0 saturated carbocycles. The largest absolute Gasteiger partial charge is 0.497 e. The van der Waals surface area contributed by atoms with Gasteiger partial charge in [0.25, 0.3) is 0 Å². The van der Waals surface area contributed by atoms with E-state index in [1.54, 1.807) is 7.11 Å². The molecule has 0 amide bonds. The van der Waals surface area contributed by atoms with Crippen LogP contribution in [0.4, 0.5) is 0 Å². The van der Waals surface area contributed by atoms with E-state index in [0.29, 0.717) is 6.54 Å². The fourth-order valence-electron chi connectivity index (χ4n) is 2.91. The third-order valence-electron chi connectivity index (χ3n) is 4.27. The van der Waals surface area contributed by atoms with Gasteiger partial charge in [0.05, 0.1) is 7.11 Å². The van der Waals surface area contributed by atoms with Gasteiger partial charge in [0.15, 0.2) is 0 Å². The number of nitrogens with zero attached hydrogens (tertiary/aromatic N) is 2. The van der Waals surface area contributed by atoms with Crippen molar-refractivity contribution in [2.45, 2.75) is 18.5 Å². The highest BCUT2D eigenvalue weighted by Crippen LogP contribution is 2.27. The normalized spacial score (nSPS) is 24.1. The fraction of sp³-hybridized carbons (Fsp3) is 0.600. The molecule has 1 aromatic carbocycles. The van der Waals surface area contributed by atoms with Crippen molar-refractivity contribution in [2.24, 2.45) is 5.73 Å². The summed E-state index contributed by atoms with van der Waals surface area (Å²) in [6.07, 6.45) is 1.14. The number of likely N-dealkylation sites (N-methyl/N-ethyl adjacent to an activating group) is 2. The minimum absolute atomic E-state index is 0.109. The lowest BCUT2D eigenvalue weighted by Gasteiger charge is -2.38. The highest BCUT2D eigenvalue weighted by atomic mass is 16.5. The highest BCUT2D eigenvalue weighted by Gasteiger charge is 2.38. The van der Waals surface area contributed by atoms with E-state index in [0.717, 1.165) is 31.8 Å². The van der Waals surface area contributed by atoms with E-state index in [1.165, 1.54) is 5.56 Å². The molecular formula is C15H25N3O. The number of nitrogens with two attached hydrogens (primary N) is 1. The zero-order chi connectivity index (χ0) is 13.9. The van der Waals surface area contributed by atoms with Gasteiger partial charge in [-0.3, -0.25) is 4.90 Å². The second-order valence-corrected chi connectivity index (χ2v) is 5.62. The summed E-state index contributed by atoms with van der Waals surface area (Å²) in [5.41, 5.74) is 7.43. The maximum absolute atomic E-state index is 6.05. The van der Waals surface area contributed by atoms with Gasteiger partial charge in [-0.15, -0.1) is 0 Å². The van der Waals surface area contributed by atoms with Crippen LogP contribution in [-0.2, 0) is 6.54 Å². The van der Waals surface area contributed by atoms with Crippen molar-refractivity contribution in [3.63, 3.8) is 0 Å². The van der Waals surface area contributed by atoms with Crippen molar-refractivity contribution in [3.05, 3.63) is 29.8 Å². The van der Waals surface area contributed by atoms with Crippen LogP contribution in [0.2, 0.25) is 0 Å². The van der Waals surface area contributed by atoms with E-state index >= 15 is 0 Å². The SMILES string of the molecule is COc1cccc(CN(C)C2(CN)CCN(C)C2)c1. The zero-order valence-electron chi connectivity index (χ0n) is 12.2. The van der Waals surface area contributed by atoms with Gasteiger partial charge in [0.2, 0.25) is 0 Å². The van der Waals surface area contributed by atoms with Crippen molar-refractivity contribution < 1.29 is 4.74 Å². The van der Waals surface area contributed by atoms with E-state index in [2.05, 4.69) is 36.0 Å². The van der Waals surface area contributed by atoms with Gasteiger partial charge in [0.1, 0.15) is 5.75 Å². The molecule has 0 radical (unpaired) electrons. The van der Waals surface area contributed by atoms with Crippen LogP contribution in [0.5, 0.6) is 5.75 Å². The Hall–Kier alpha value is -1.10. The Morgan fingerprint density at radius 2 is 2.26 bits per heavy atom. The summed E-state index contributed by atoms with van der Waals surface area (Å²) in [5.74, 6) is 0.913. The van der Waals surface area contributed by atoms with Crippen LogP contribution in [0.25, 0.3) is 0 Å². The van der Waals surface area contributed by atoms with Gasteiger partial charge in [-0.05, 0) is 44.8 Å². The number of likely N-dealkylation sites (tertiary alicyclic amines) is 1. The van der Waals surface area contributed by atoms with Gasteiger partial charge in [-0.1, -0.05) is 12.1 Å². The van der Waals surface area contributed by atoms with Crippen molar-refractivity contribution in [1.82, 2.24) is 9.80 Å². The molecule has 2 rings (SSSR count). The third kappa shape index (κ3) is 3.08. The van der Waals surface area contributed by atoms with Gasteiger partial charge in [0, 0.05) is 25.2 Å². The lowest BCUT2D eigenvalue weighted by Crippen LogP contribution is -2.53. The average molecular weight is 263 g/mol. The summed E-state index contributed by atoms with van der Waals surface area (Å²) in [6, 6.07) is 8.25. The minimum atomic E-state index is 0.109. The molecule has 1 aliphatic rings. The first-order chi connectivity index (χ1) is 9.09. The van der Waals surface area contributed by atoms with Crippen LogP contribution in [0, 0.1) is 0 Å². The molecule has 1 saturated heterocycles. The molecule has 2 N–H and O–H groups in total. The lowest BCUT2D eigenvalue weighted by atomic mass is 9.96. The molecule has 1 heterocycles. The van der Waals surface area contributed by atoms with E-state index in [-0.39, 0.29) is 5.54 Å². The Balaban J connectivity index is 2.08. The molecule has 0 spiro atoms. The predicted molar refractivity (Wildman–Crippen MR) is 78.4 cm³/mol.